The first-order valence-electron chi connectivity index (χ1n) is 6.86. The van der Waals surface area contributed by atoms with Crippen LogP contribution in [0.1, 0.15) is 13.3 Å². The number of nitrogens with one attached hydrogen (secondary N) is 1. The van der Waals surface area contributed by atoms with E-state index in [9.17, 15) is 9.59 Å². The van der Waals surface area contributed by atoms with E-state index in [4.69, 9.17) is 0 Å². The normalized spacial score (nSPS) is 16.6. The van der Waals surface area contributed by atoms with Crippen LogP contribution in [0.5, 0.6) is 0 Å². The number of hydrogen-bond donors (Lipinski definition) is 1. The zero-order valence-electron chi connectivity index (χ0n) is 12.0. The average Bonchev–Trinajstić information content (AvgIpc) is 2.79. The van der Waals surface area contributed by atoms with E-state index in [1.54, 1.807) is 4.57 Å². The highest BCUT2D eigenvalue weighted by Gasteiger charge is 2.20. The Hall–Kier alpha value is -1.28. The van der Waals surface area contributed by atoms with Crippen molar-refractivity contribution >= 4 is 17.7 Å². The third-order valence-corrected chi connectivity index (χ3v) is 4.31. The van der Waals surface area contributed by atoms with Gasteiger partial charge in [-0.25, -0.2) is 9.89 Å². The van der Waals surface area contributed by atoms with Crippen LogP contribution in [0.4, 0.5) is 0 Å². The second kappa shape index (κ2) is 6.94. The molecule has 0 aromatic carbocycles. The third-order valence-electron chi connectivity index (χ3n) is 3.35. The fourth-order valence-electron chi connectivity index (χ4n) is 2.11. The second-order valence-corrected chi connectivity index (χ2v) is 5.88. The van der Waals surface area contributed by atoms with Crippen LogP contribution in [0.25, 0.3) is 0 Å². The van der Waals surface area contributed by atoms with Gasteiger partial charge in [0.05, 0.1) is 5.75 Å². The summed E-state index contributed by atoms with van der Waals surface area (Å²) in [5.41, 5.74) is -0.207. The van der Waals surface area contributed by atoms with Gasteiger partial charge in [0.2, 0.25) is 5.91 Å². The number of aromatic amines is 1. The minimum absolute atomic E-state index is 0.113. The van der Waals surface area contributed by atoms with Crippen molar-refractivity contribution in [1.29, 1.82) is 0 Å². The number of carbonyl (C=O) groups excluding carboxylic acids is 1. The Bertz CT molecular complexity index is 504. The number of piperazine rings is 1. The molecule has 2 rings (SSSR count). The molecule has 1 fully saturated rings. The maximum absolute atomic E-state index is 12.1. The van der Waals surface area contributed by atoms with E-state index in [-0.39, 0.29) is 11.6 Å². The van der Waals surface area contributed by atoms with Crippen LogP contribution < -0.4 is 5.69 Å². The molecule has 7 nitrogen and oxygen atoms in total. The van der Waals surface area contributed by atoms with Crippen LogP contribution in [0.2, 0.25) is 0 Å². The standard InChI is InChI=1S/C12H21N5O2S/c1-3-4-17-11(19)13-14-12(17)20-9-10(18)16-7-5-15(2)6-8-16/h3-9H2,1-2H3,(H,13,19). The SMILES string of the molecule is CCCn1c(SCC(=O)N2CCN(C)CC2)n[nH]c1=O. The molecule has 1 N–H and O–H groups in total. The number of likely N-dealkylation sites (N-methyl/N-ethyl adjacent to an activating group) is 1. The molecule has 0 atom stereocenters. The van der Waals surface area contributed by atoms with E-state index in [2.05, 4.69) is 22.1 Å². The van der Waals surface area contributed by atoms with Gasteiger partial charge in [-0.15, -0.1) is 5.10 Å². The number of thioether (sulfide) groups is 1. The van der Waals surface area contributed by atoms with Crippen LogP contribution in [-0.4, -0.2) is 69.5 Å². The molecule has 0 aliphatic carbocycles. The Morgan fingerprint density at radius 2 is 2.05 bits per heavy atom. The maximum atomic E-state index is 12.1. The second-order valence-electron chi connectivity index (χ2n) is 4.94. The molecule has 0 saturated carbocycles. The molecule has 1 aromatic heterocycles. The fraction of sp³-hybridized carbons (Fsp3) is 0.750. The van der Waals surface area contributed by atoms with Crippen molar-refractivity contribution in [3.8, 4) is 0 Å². The zero-order valence-corrected chi connectivity index (χ0v) is 12.8. The lowest BCUT2D eigenvalue weighted by Crippen LogP contribution is -2.47. The lowest BCUT2D eigenvalue weighted by molar-refractivity contribution is -0.129. The maximum Gasteiger partial charge on any atom is 0.343 e. The van der Waals surface area contributed by atoms with Gasteiger partial charge in [-0.2, -0.15) is 0 Å². The van der Waals surface area contributed by atoms with Gasteiger partial charge in [0.25, 0.3) is 0 Å². The molecule has 0 bridgehead atoms. The quantitative estimate of drug-likeness (QED) is 0.765. The van der Waals surface area contributed by atoms with E-state index in [0.29, 0.717) is 17.5 Å². The summed E-state index contributed by atoms with van der Waals surface area (Å²) in [6, 6.07) is 0. The van der Waals surface area contributed by atoms with E-state index >= 15 is 0 Å². The Balaban J connectivity index is 1.88. The van der Waals surface area contributed by atoms with Crippen molar-refractivity contribution in [1.82, 2.24) is 24.6 Å². The molecular weight excluding hydrogens is 278 g/mol. The molecule has 2 heterocycles. The zero-order chi connectivity index (χ0) is 14.5. The van der Waals surface area contributed by atoms with Crippen LogP contribution in [-0.2, 0) is 11.3 Å². The van der Waals surface area contributed by atoms with E-state index in [0.717, 1.165) is 32.6 Å². The summed E-state index contributed by atoms with van der Waals surface area (Å²) in [5.74, 6) is 0.444. The van der Waals surface area contributed by atoms with Crippen LogP contribution in [0, 0.1) is 0 Å². The van der Waals surface area contributed by atoms with Crippen LogP contribution in [0.15, 0.2) is 9.95 Å². The van der Waals surface area contributed by atoms with Crippen LogP contribution >= 0.6 is 11.8 Å². The highest BCUT2D eigenvalue weighted by atomic mass is 32.2. The molecule has 1 aliphatic rings. The van der Waals surface area contributed by atoms with E-state index < -0.39 is 0 Å². The first-order valence-corrected chi connectivity index (χ1v) is 7.84. The first-order chi connectivity index (χ1) is 9.61. The first kappa shape index (κ1) is 15.1. The lowest BCUT2D eigenvalue weighted by atomic mass is 10.3. The summed E-state index contributed by atoms with van der Waals surface area (Å²) < 4.78 is 1.59. The van der Waals surface area contributed by atoms with E-state index in [1.165, 1.54) is 11.8 Å². The van der Waals surface area contributed by atoms with Gasteiger partial charge in [0.15, 0.2) is 5.16 Å². The summed E-state index contributed by atoms with van der Waals surface area (Å²) in [6.07, 6.45) is 0.861. The molecule has 1 aliphatic heterocycles. The van der Waals surface area contributed by atoms with Gasteiger partial charge >= 0.3 is 5.69 Å². The highest BCUT2D eigenvalue weighted by molar-refractivity contribution is 7.99. The monoisotopic (exact) mass is 299 g/mol. The number of nitrogens with zero attached hydrogens (tertiary/aromatic N) is 4. The molecular formula is C12H21N5O2S. The Kier molecular flexibility index (Phi) is 5.24. The summed E-state index contributed by atoms with van der Waals surface area (Å²) >= 11 is 1.33. The molecule has 0 unspecified atom stereocenters. The van der Waals surface area contributed by atoms with Gasteiger partial charge in [-0.05, 0) is 13.5 Å². The molecule has 0 spiro atoms. The third kappa shape index (κ3) is 3.63. The van der Waals surface area contributed by atoms with Crippen molar-refractivity contribution in [3.05, 3.63) is 10.5 Å². The summed E-state index contributed by atoms with van der Waals surface area (Å²) in [6.45, 7) is 6.01. The molecule has 1 aromatic rings. The molecule has 0 radical (unpaired) electrons. The topological polar surface area (TPSA) is 74.2 Å². The largest absolute Gasteiger partial charge is 0.343 e. The summed E-state index contributed by atoms with van der Waals surface area (Å²) in [4.78, 5) is 27.7. The average molecular weight is 299 g/mol. The van der Waals surface area contributed by atoms with Gasteiger partial charge in [0, 0.05) is 32.7 Å². The van der Waals surface area contributed by atoms with E-state index in [1.807, 2.05) is 11.8 Å². The van der Waals surface area contributed by atoms with Crippen molar-refractivity contribution < 1.29 is 4.79 Å². The predicted octanol–water partition coefficient (Wildman–Crippen LogP) is -0.152. The number of rotatable bonds is 5. The van der Waals surface area contributed by atoms with Gasteiger partial charge < -0.3 is 9.80 Å². The summed E-state index contributed by atoms with van der Waals surface area (Å²) in [5, 5.41) is 7.01. The van der Waals surface area contributed by atoms with Gasteiger partial charge in [-0.1, -0.05) is 18.7 Å². The molecule has 8 heteroatoms. The minimum atomic E-state index is -0.207. The number of amides is 1. The van der Waals surface area contributed by atoms with Crippen molar-refractivity contribution in [2.45, 2.75) is 25.0 Å². The fourth-order valence-corrected chi connectivity index (χ4v) is 2.98. The summed E-state index contributed by atoms with van der Waals surface area (Å²) in [7, 11) is 2.06. The molecule has 1 saturated heterocycles. The Morgan fingerprint density at radius 3 is 2.70 bits per heavy atom. The smallest absolute Gasteiger partial charge is 0.339 e. The molecule has 112 valence electrons. The Labute approximate surface area is 122 Å². The Morgan fingerprint density at radius 1 is 1.35 bits per heavy atom. The lowest BCUT2D eigenvalue weighted by Gasteiger charge is -2.32. The van der Waals surface area contributed by atoms with Crippen molar-refractivity contribution in [2.24, 2.45) is 0 Å². The predicted molar refractivity (Wildman–Crippen MR) is 77.9 cm³/mol. The van der Waals surface area contributed by atoms with Crippen molar-refractivity contribution in [3.63, 3.8) is 0 Å². The number of aromatic nitrogens is 3. The highest BCUT2D eigenvalue weighted by Crippen LogP contribution is 2.14. The molecule has 1 amide bonds. The number of hydrogen-bond acceptors (Lipinski definition) is 5. The minimum Gasteiger partial charge on any atom is -0.339 e. The van der Waals surface area contributed by atoms with Crippen molar-refractivity contribution in [2.75, 3.05) is 39.0 Å². The van der Waals surface area contributed by atoms with Gasteiger partial charge in [-0.3, -0.25) is 9.36 Å². The van der Waals surface area contributed by atoms with Gasteiger partial charge in [0.1, 0.15) is 0 Å². The number of H-pyrrole nitrogens is 1. The molecule has 20 heavy (non-hydrogen) atoms. The number of carbonyl (C=O) groups is 1. The van der Waals surface area contributed by atoms with Crippen LogP contribution in [0.3, 0.4) is 0 Å².